The van der Waals surface area contributed by atoms with E-state index in [0.29, 0.717) is 60.4 Å². The largest absolute Gasteiger partial charge is 0.466 e. The fraction of sp³-hybridized carbons (Fsp3) is 0.364. The average molecular weight is 505 g/mol. The van der Waals surface area contributed by atoms with Crippen LogP contribution >= 0.6 is 22.9 Å². The van der Waals surface area contributed by atoms with Crippen LogP contribution in [0.5, 0.6) is 0 Å². The van der Waals surface area contributed by atoms with Gasteiger partial charge in [0.2, 0.25) is 0 Å². The van der Waals surface area contributed by atoms with Gasteiger partial charge in [0.1, 0.15) is 11.9 Å². The first-order valence-electron chi connectivity index (χ1n) is 10.7. The minimum Gasteiger partial charge on any atom is -0.466 e. The van der Waals surface area contributed by atoms with Crippen LogP contribution in [0.4, 0.5) is 9.18 Å². The number of nitrogens with zero attached hydrogens (tertiary/aromatic N) is 4. The molecule has 0 spiro atoms. The minimum absolute atomic E-state index is 0.0425. The zero-order chi connectivity index (χ0) is 23.8. The number of ether oxygens (including phenoxy) is 1. The molecule has 12 heteroatoms. The van der Waals surface area contributed by atoms with Gasteiger partial charge in [0.25, 0.3) is 0 Å². The SMILES string of the molecule is COC(=O)C1=C(CN2CCN3C(=O)NCC3C2)NC(c2nccs2)=N[C@H]1c1ccc(F)cc1Cl. The summed E-state index contributed by atoms with van der Waals surface area (Å²) in [6.45, 7) is 2.89. The second-order valence-corrected chi connectivity index (χ2v) is 9.46. The molecule has 2 amide bonds. The van der Waals surface area contributed by atoms with E-state index >= 15 is 0 Å². The van der Waals surface area contributed by atoms with Gasteiger partial charge in [-0.1, -0.05) is 17.7 Å². The Balaban J connectivity index is 1.54. The zero-order valence-electron chi connectivity index (χ0n) is 18.3. The number of aliphatic imine (C=N–C) groups is 1. The number of fused-ring (bicyclic) bond motifs is 1. The third-order valence-corrected chi connectivity index (χ3v) is 7.23. The van der Waals surface area contributed by atoms with Crippen molar-refractivity contribution in [1.29, 1.82) is 0 Å². The van der Waals surface area contributed by atoms with E-state index in [2.05, 4.69) is 20.5 Å². The number of nitrogens with one attached hydrogen (secondary N) is 2. The Morgan fingerprint density at radius 2 is 2.24 bits per heavy atom. The van der Waals surface area contributed by atoms with Crippen LogP contribution in [0.3, 0.4) is 0 Å². The lowest BCUT2D eigenvalue weighted by Crippen LogP contribution is -2.53. The van der Waals surface area contributed by atoms with Crippen molar-refractivity contribution in [3.63, 3.8) is 0 Å². The summed E-state index contributed by atoms with van der Waals surface area (Å²) in [5.74, 6) is -0.529. The first kappa shape index (κ1) is 22.8. The first-order valence-corrected chi connectivity index (χ1v) is 12.0. The number of benzene rings is 1. The monoisotopic (exact) mass is 504 g/mol. The van der Waals surface area contributed by atoms with Crippen LogP contribution in [-0.2, 0) is 9.53 Å². The summed E-state index contributed by atoms with van der Waals surface area (Å²) in [4.78, 5) is 38.1. The highest BCUT2D eigenvalue weighted by Crippen LogP contribution is 2.37. The van der Waals surface area contributed by atoms with Gasteiger partial charge in [0.15, 0.2) is 10.8 Å². The molecule has 1 unspecified atom stereocenters. The van der Waals surface area contributed by atoms with E-state index in [0.717, 1.165) is 0 Å². The average Bonchev–Trinajstić information content (AvgIpc) is 3.49. The third-order valence-electron chi connectivity index (χ3n) is 6.12. The number of aromatic nitrogens is 1. The molecule has 9 nitrogen and oxygen atoms in total. The van der Waals surface area contributed by atoms with E-state index in [9.17, 15) is 14.0 Å². The van der Waals surface area contributed by atoms with Crippen LogP contribution in [0.15, 0.2) is 46.0 Å². The van der Waals surface area contributed by atoms with Crippen molar-refractivity contribution in [2.75, 3.05) is 39.8 Å². The van der Waals surface area contributed by atoms with Gasteiger partial charge in [0, 0.05) is 60.6 Å². The van der Waals surface area contributed by atoms with Crippen molar-refractivity contribution in [2.24, 2.45) is 4.99 Å². The van der Waals surface area contributed by atoms with Crippen LogP contribution in [0, 0.1) is 5.82 Å². The van der Waals surface area contributed by atoms with Gasteiger partial charge in [-0.3, -0.25) is 9.89 Å². The van der Waals surface area contributed by atoms with Crippen LogP contribution in [-0.4, -0.2) is 78.5 Å². The van der Waals surface area contributed by atoms with E-state index in [1.54, 1.807) is 6.20 Å². The smallest absolute Gasteiger partial charge is 0.338 e. The molecular formula is C22H22ClFN6O3S. The second-order valence-electron chi connectivity index (χ2n) is 8.16. The number of carbonyl (C=O) groups is 2. The number of thiazole rings is 1. The van der Waals surface area contributed by atoms with Crippen LogP contribution in [0.1, 0.15) is 16.6 Å². The van der Waals surface area contributed by atoms with Gasteiger partial charge in [-0.05, 0) is 12.1 Å². The van der Waals surface area contributed by atoms with E-state index in [-0.39, 0.29) is 17.1 Å². The van der Waals surface area contributed by atoms with E-state index in [4.69, 9.17) is 21.3 Å². The molecule has 0 radical (unpaired) electrons. The summed E-state index contributed by atoms with van der Waals surface area (Å²) in [6.07, 6.45) is 1.67. The molecule has 5 rings (SSSR count). The molecule has 0 aliphatic carbocycles. The van der Waals surface area contributed by atoms with Gasteiger partial charge >= 0.3 is 12.0 Å². The lowest BCUT2D eigenvalue weighted by atomic mass is 9.95. The van der Waals surface area contributed by atoms with E-state index in [1.807, 2.05) is 10.3 Å². The molecule has 1 aromatic carbocycles. The molecule has 178 valence electrons. The molecule has 3 aliphatic heterocycles. The minimum atomic E-state index is -0.799. The number of amides is 2. The standard InChI is InChI=1S/C22H22ClFN6O3S/c1-33-21(31)17-16(11-29-5-6-30-13(10-29)9-26-22(30)32)27-19(20-25-4-7-34-20)28-18(17)14-3-2-12(24)8-15(14)23/h2-4,7-8,13,18H,5-6,9-11H2,1H3,(H,26,32)(H,27,28)/t13?,18-/m0/s1. The van der Waals surface area contributed by atoms with Crippen molar-refractivity contribution in [1.82, 2.24) is 25.4 Å². The van der Waals surface area contributed by atoms with E-state index in [1.165, 1.54) is 36.6 Å². The summed E-state index contributed by atoms with van der Waals surface area (Å²) in [7, 11) is 1.31. The molecule has 0 saturated carbocycles. The maximum absolute atomic E-state index is 13.8. The molecule has 2 N–H and O–H groups in total. The Morgan fingerprint density at radius 1 is 1.38 bits per heavy atom. The summed E-state index contributed by atoms with van der Waals surface area (Å²) < 4.78 is 18.9. The maximum Gasteiger partial charge on any atom is 0.338 e. The van der Waals surface area contributed by atoms with E-state index < -0.39 is 17.8 Å². The number of rotatable bonds is 5. The predicted octanol–water partition coefficient (Wildman–Crippen LogP) is 2.16. The fourth-order valence-electron chi connectivity index (χ4n) is 4.50. The number of halogens is 2. The highest BCUT2D eigenvalue weighted by Gasteiger charge is 2.38. The quantitative estimate of drug-likeness (QED) is 0.605. The van der Waals surface area contributed by atoms with Gasteiger partial charge in [0.05, 0.1) is 18.7 Å². The molecule has 3 aliphatic rings. The van der Waals surface area contributed by atoms with Gasteiger partial charge in [-0.25, -0.2) is 19.0 Å². The number of hydrogen-bond acceptors (Lipinski definition) is 8. The molecule has 2 fully saturated rings. The Bertz CT molecular complexity index is 1190. The van der Waals surface area contributed by atoms with Crippen molar-refractivity contribution >= 4 is 40.8 Å². The number of urea groups is 1. The topological polar surface area (TPSA) is 99.2 Å². The number of carbonyl (C=O) groups excluding carboxylic acids is 2. The number of hydrogen-bond donors (Lipinski definition) is 2. The van der Waals surface area contributed by atoms with Crippen molar-refractivity contribution in [2.45, 2.75) is 12.1 Å². The fourth-order valence-corrected chi connectivity index (χ4v) is 5.36. The number of piperazine rings is 1. The Morgan fingerprint density at radius 3 is 2.97 bits per heavy atom. The van der Waals surface area contributed by atoms with Crippen molar-refractivity contribution < 1.29 is 18.7 Å². The lowest BCUT2D eigenvalue weighted by molar-refractivity contribution is -0.136. The highest BCUT2D eigenvalue weighted by atomic mass is 35.5. The van der Waals surface area contributed by atoms with Gasteiger partial charge in [-0.15, -0.1) is 11.3 Å². The second kappa shape index (κ2) is 9.32. The molecule has 34 heavy (non-hydrogen) atoms. The number of amidine groups is 1. The molecular weight excluding hydrogens is 483 g/mol. The maximum atomic E-state index is 13.8. The Kier molecular flexibility index (Phi) is 6.24. The van der Waals surface area contributed by atoms with Crippen LogP contribution < -0.4 is 10.6 Å². The van der Waals surface area contributed by atoms with Crippen LogP contribution in [0.25, 0.3) is 0 Å². The first-order chi connectivity index (χ1) is 16.4. The summed E-state index contributed by atoms with van der Waals surface area (Å²) in [5.41, 5.74) is 1.41. The van der Waals surface area contributed by atoms with Crippen molar-refractivity contribution in [3.8, 4) is 0 Å². The molecule has 2 atom stereocenters. The Hall–Kier alpha value is -3.02. The molecule has 2 saturated heterocycles. The predicted molar refractivity (Wildman–Crippen MR) is 125 cm³/mol. The molecule has 2 aromatic rings. The zero-order valence-corrected chi connectivity index (χ0v) is 19.8. The summed E-state index contributed by atoms with van der Waals surface area (Å²) >= 11 is 7.80. The summed E-state index contributed by atoms with van der Waals surface area (Å²) in [6, 6.07) is 3.26. The molecule has 1 aromatic heterocycles. The van der Waals surface area contributed by atoms with Crippen LogP contribution in [0.2, 0.25) is 5.02 Å². The van der Waals surface area contributed by atoms with Gasteiger partial charge < -0.3 is 20.3 Å². The Labute approximate surface area is 204 Å². The number of methoxy groups -OCH3 is 1. The molecule has 4 heterocycles. The highest BCUT2D eigenvalue weighted by molar-refractivity contribution is 7.11. The third kappa shape index (κ3) is 4.26. The lowest BCUT2D eigenvalue weighted by Gasteiger charge is -2.38. The van der Waals surface area contributed by atoms with Gasteiger partial charge in [-0.2, -0.15) is 0 Å². The number of esters is 1. The molecule has 0 bridgehead atoms. The summed E-state index contributed by atoms with van der Waals surface area (Å²) in [5, 5.41) is 8.82. The van der Waals surface area contributed by atoms with Crippen molar-refractivity contribution in [3.05, 3.63) is 62.5 Å². The normalized spacial score (nSPS) is 22.7.